The number of nitrogens with one attached hydrogen (secondary N) is 2. The molecular formula is C23H30N4O2. The van der Waals surface area contributed by atoms with E-state index < -0.39 is 0 Å². The number of benzene rings is 2. The summed E-state index contributed by atoms with van der Waals surface area (Å²) in [6.07, 6.45) is 1.36. The molecule has 0 spiro atoms. The predicted octanol–water partition coefficient (Wildman–Crippen LogP) is 3.22. The fraction of sp³-hybridized carbons (Fsp3) is 0.435. The molecule has 29 heavy (non-hydrogen) atoms. The van der Waals surface area contributed by atoms with Crippen molar-refractivity contribution in [2.24, 2.45) is 0 Å². The van der Waals surface area contributed by atoms with Gasteiger partial charge >= 0.3 is 6.03 Å². The minimum Gasteiger partial charge on any atom is -0.376 e. The molecule has 0 aromatic heterocycles. The summed E-state index contributed by atoms with van der Waals surface area (Å²) < 4.78 is 5.61. The number of likely N-dealkylation sites (N-methyl/N-ethyl adjacent to an activating group) is 1. The summed E-state index contributed by atoms with van der Waals surface area (Å²) >= 11 is 0. The highest BCUT2D eigenvalue weighted by Crippen LogP contribution is 2.29. The maximum absolute atomic E-state index is 12.3. The fourth-order valence-electron chi connectivity index (χ4n) is 4.10. The van der Waals surface area contributed by atoms with E-state index in [0.29, 0.717) is 6.54 Å². The van der Waals surface area contributed by atoms with Crippen LogP contribution in [0.1, 0.15) is 23.6 Å². The van der Waals surface area contributed by atoms with Gasteiger partial charge in [0.2, 0.25) is 0 Å². The average molecular weight is 395 g/mol. The van der Waals surface area contributed by atoms with Crippen LogP contribution in [0.25, 0.3) is 0 Å². The van der Waals surface area contributed by atoms with Gasteiger partial charge in [0.25, 0.3) is 0 Å². The molecule has 2 amide bonds. The van der Waals surface area contributed by atoms with E-state index in [1.165, 1.54) is 16.8 Å². The van der Waals surface area contributed by atoms with Gasteiger partial charge in [0.15, 0.2) is 0 Å². The summed E-state index contributed by atoms with van der Waals surface area (Å²) in [5.74, 6) is 0. The van der Waals surface area contributed by atoms with Gasteiger partial charge in [0, 0.05) is 51.1 Å². The van der Waals surface area contributed by atoms with Gasteiger partial charge in [-0.2, -0.15) is 0 Å². The second-order valence-electron chi connectivity index (χ2n) is 8.06. The number of hydrogen-bond donors (Lipinski definition) is 2. The van der Waals surface area contributed by atoms with Gasteiger partial charge in [0.05, 0.1) is 12.7 Å². The second kappa shape index (κ2) is 8.84. The number of morpholine rings is 1. The first-order valence-electron chi connectivity index (χ1n) is 10.4. The van der Waals surface area contributed by atoms with Crippen molar-refractivity contribution in [3.05, 3.63) is 59.2 Å². The van der Waals surface area contributed by atoms with Gasteiger partial charge in [-0.3, -0.25) is 4.90 Å². The molecule has 0 aliphatic carbocycles. The third-order valence-corrected chi connectivity index (χ3v) is 5.65. The summed E-state index contributed by atoms with van der Waals surface area (Å²) in [7, 11) is 2.08. The van der Waals surface area contributed by atoms with Crippen molar-refractivity contribution in [3.63, 3.8) is 0 Å². The predicted molar refractivity (Wildman–Crippen MR) is 116 cm³/mol. The molecule has 6 heteroatoms. The lowest BCUT2D eigenvalue weighted by Gasteiger charge is -2.31. The Balaban J connectivity index is 1.30. The van der Waals surface area contributed by atoms with Crippen LogP contribution in [0.5, 0.6) is 0 Å². The lowest BCUT2D eigenvalue weighted by molar-refractivity contribution is -0.0212. The largest absolute Gasteiger partial charge is 0.376 e. The van der Waals surface area contributed by atoms with E-state index in [9.17, 15) is 4.79 Å². The number of nitrogens with zero attached hydrogens (tertiary/aromatic N) is 2. The lowest BCUT2D eigenvalue weighted by Crippen LogP contribution is -2.40. The van der Waals surface area contributed by atoms with Crippen LogP contribution >= 0.6 is 0 Å². The van der Waals surface area contributed by atoms with Crippen molar-refractivity contribution in [2.75, 3.05) is 43.5 Å². The molecule has 0 radical (unpaired) electrons. The van der Waals surface area contributed by atoms with Crippen molar-refractivity contribution in [1.29, 1.82) is 0 Å². The van der Waals surface area contributed by atoms with Crippen LogP contribution in [-0.4, -0.2) is 50.3 Å². The minimum atomic E-state index is -0.182. The van der Waals surface area contributed by atoms with Gasteiger partial charge in [-0.1, -0.05) is 30.3 Å². The zero-order chi connectivity index (χ0) is 20.2. The number of amides is 2. The third-order valence-electron chi connectivity index (χ3n) is 5.65. The van der Waals surface area contributed by atoms with Crippen molar-refractivity contribution in [2.45, 2.75) is 32.5 Å². The highest BCUT2D eigenvalue weighted by molar-refractivity contribution is 5.90. The molecule has 0 saturated carbocycles. The van der Waals surface area contributed by atoms with Gasteiger partial charge < -0.3 is 20.3 Å². The fourth-order valence-corrected chi connectivity index (χ4v) is 4.10. The number of rotatable bonds is 5. The summed E-state index contributed by atoms with van der Waals surface area (Å²) in [5.41, 5.74) is 5.73. The van der Waals surface area contributed by atoms with E-state index >= 15 is 0 Å². The number of ether oxygens (including phenoxy) is 1. The van der Waals surface area contributed by atoms with E-state index in [4.69, 9.17) is 4.74 Å². The first-order chi connectivity index (χ1) is 14.1. The Morgan fingerprint density at radius 1 is 1.17 bits per heavy atom. The monoisotopic (exact) mass is 394 g/mol. The quantitative estimate of drug-likeness (QED) is 0.818. The number of carbonyl (C=O) groups is 1. The topological polar surface area (TPSA) is 56.8 Å². The Kier molecular flexibility index (Phi) is 6.02. The zero-order valence-corrected chi connectivity index (χ0v) is 17.3. The molecule has 6 nitrogen and oxygen atoms in total. The normalized spacial score (nSPS) is 19.1. The zero-order valence-electron chi connectivity index (χ0n) is 17.3. The Labute approximate surface area is 172 Å². The van der Waals surface area contributed by atoms with Crippen molar-refractivity contribution < 1.29 is 9.53 Å². The van der Waals surface area contributed by atoms with Gasteiger partial charge in [-0.25, -0.2) is 4.79 Å². The standard InChI is InChI=1S/C23H30N4O2/c1-17-15-27(10-11-29-17)16-19-5-3-4-18(12-19)14-24-23(28)25-21-7-6-20-8-9-26(2)22(20)13-21/h3-7,12-13,17H,8-11,14-16H2,1-2H3,(H2,24,25,28). The molecular weight excluding hydrogens is 364 g/mol. The lowest BCUT2D eigenvalue weighted by atomic mass is 10.1. The number of fused-ring (bicyclic) bond motifs is 1. The molecule has 154 valence electrons. The number of urea groups is 1. The molecule has 1 atom stereocenters. The summed E-state index contributed by atoms with van der Waals surface area (Å²) in [6, 6.07) is 14.4. The SMILES string of the molecule is CC1CN(Cc2cccc(CNC(=O)Nc3ccc4c(c3)N(C)CC4)c2)CCO1. The Morgan fingerprint density at radius 2 is 2.03 bits per heavy atom. The Bertz CT molecular complexity index is 870. The van der Waals surface area contributed by atoms with Crippen LogP contribution in [0.15, 0.2) is 42.5 Å². The van der Waals surface area contributed by atoms with Crippen molar-refractivity contribution >= 4 is 17.4 Å². The van der Waals surface area contributed by atoms with Gasteiger partial charge in [0.1, 0.15) is 0 Å². The van der Waals surface area contributed by atoms with E-state index in [0.717, 1.165) is 50.5 Å². The molecule has 2 aliphatic heterocycles. The van der Waals surface area contributed by atoms with E-state index in [1.54, 1.807) is 0 Å². The van der Waals surface area contributed by atoms with E-state index in [1.807, 2.05) is 12.1 Å². The molecule has 2 aliphatic rings. The number of hydrogen-bond acceptors (Lipinski definition) is 4. The number of carbonyl (C=O) groups excluding carboxylic acids is 1. The molecule has 2 aromatic carbocycles. The molecule has 4 rings (SSSR count). The molecule has 0 bridgehead atoms. The third kappa shape index (κ3) is 5.08. The molecule has 2 N–H and O–H groups in total. The maximum atomic E-state index is 12.3. The van der Waals surface area contributed by atoms with Crippen LogP contribution in [0.3, 0.4) is 0 Å². The maximum Gasteiger partial charge on any atom is 0.319 e. The van der Waals surface area contributed by atoms with Crippen LogP contribution in [0, 0.1) is 0 Å². The van der Waals surface area contributed by atoms with E-state index in [-0.39, 0.29) is 12.1 Å². The van der Waals surface area contributed by atoms with Gasteiger partial charge in [-0.15, -0.1) is 0 Å². The molecule has 1 saturated heterocycles. The summed E-state index contributed by atoms with van der Waals surface area (Å²) in [6.45, 7) is 7.28. The van der Waals surface area contributed by atoms with E-state index in [2.05, 4.69) is 64.7 Å². The van der Waals surface area contributed by atoms with Crippen LogP contribution < -0.4 is 15.5 Å². The van der Waals surface area contributed by atoms with Crippen molar-refractivity contribution in [3.8, 4) is 0 Å². The number of anilines is 2. The molecule has 2 heterocycles. The molecule has 2 aromatic rings. The highest BCUT2D eigenvalue weighted by Gasteiger charge is 2.17. The summed E-state index contributed by atoms with van der Waals surface area (Å²) in [4.78, 5) is 17.0. The highest BCUT2D eigenvalue weighted by atomic mass is 16.5. The van der Waals surface area contributed by atoms with Crippen LogP contribution in [0.2, 0.25) is 0 Å². The van der Waals surface area contributed by atoms with Gasteiger partial charge in [-0.05, 0) is 42.2 Å². The van der Waals surface area contributed by atoms with Crippen LogP contribution in [0.4, 0.5) is 16.2 Å². The Morgan fingerprint density at radius 3 is 2.90 bits per heavy atom. The first kappa shape index (κ1) is 19.7. The average Bonchev–Trinajstić information content (AvgIpc) is 3.07. The molecule has 1 fully saturated rings. The second-order valence-corrected chi connectivity index (χ2v) is 8.06. The molecule has 1 unspecified atom stereocenters. The van der Waals surface area contributed by atoms with Crippen LogP contribution in [-0.2, 0) is 24.2 Å². The minimum absolute atomic E-state index is 0.182. The Hall–Kier alpha value is -2.57. The first-order valence-corrected chi connectivity index (χ1v) is 10.4. The smallest absolute Gasteiger partial charge is 0.319 e. The summed E-state index contributed by atoms with van der Waals surface area (Å²) in [5, 5.41) is 5.92. The van der Waals surface area contributed by atoms with Crippen molar-refractivity contribution in [1.82, 2.24) is 10.2 Å².